The highest BCUT2D eigenvalue weighted by atomic mass is 32.2. The van der Waals surface area contributed by atoms with Gasteiger partial charge < -0.3 is 5.32 Å². The fraction of sp³-hybridized carbons (Fsp3) is 0.375. The van der Waals surface area contributed by atoms with Crippen molar-refractivity contribution in [2.75, 3.05) is 12.3 Å². The van der Waals surface area contributed by atoms with Crippen LogP contribution in [0, 0.1) is 0 Å². The molecule has 0 aliphatic rings. The lowest BCUT2D eigenvalue weighted by Gasteiger charge is -2.11. The van der Waals surface area contributed by atoms with Crippen molar-refractivity contribution < 1.29 is 22.0 Å². The zero-order valence-electron chi connectivity index (χ0n) is 13.7. The maximum Gasteiger partial charge on any atom is 0.319 e. The summed E-state index contributed by atoms with van der Waals surface area (Å²) in [5.41, 5.74) is 0.0492. The lowest BCUT2D eigenvalue weighted by molar-refractivity contribution is 0.0670. The molecule has 25 heavy (non-hydrogen) atoms. The average Bonchev–Trinajstić information content (AvgIpc) is 3.03. The highest BCUT2D eigenvalue weighted by Gasteiger charge is 2.21. The summed E-state index contributed by atoms with van der Waals surface area (Å²) < 4.78 is 50.7. The predicted octanol–water partition coefficient (Wildman–Crippen LogP) is 2.43. The van der Waals surface area contributed by atoms with Crippen LogP contribution < -0.4 is 5.32 Å². The van der Waals surface area contributed by atoms with Crippen molar-refractivity contribution in [3.63, 3.8) is 0 Å². The molecular formula is C16H19F2N3O3S. The van der Waals surface area contributed by atoms with Gasteiger partial charge in [-0.2, -0.15) is 8.78 Å². The number of hydrogen-bond acceptors (Lipinski definition) is 4. The summed E-state index contributed by atoms with van der Waals surface area (Å²) in [6.07, 6.45) is 2.96. The summed E-state index contributed by atoms with van der Waals surface area (Å²) in [7, 11) is -3.55. The van der Waals surface area contributed by atoms with Crippen molar-refractivity contribution in [2.45, 2.75) is 31.2 Å². The van der Waals surface area contributed by atoms with E-state index in [0.29, 0.717) is 11.0 Å². The lowest BCUT2D eigenvalue weighted by atomic mass is 10.2. The van der Waals surface area contributed by atoms with Crippen LogP contribution in [0.4, 0.5) is 8.78 Å². The molecule has 1 N–H and O–H groups in total. The number of nitrogens with zero attached hydrogens (tertiary/aromatic N) is 2. The Morgan fingerprint density at radius 2 is 2.04 bits per heavy atom. The van der Waals surface area contributed by atoms with Gasteiger partial charge in [-0.25, -0.2) is 13.4 Å². The zero-order valence-corrected chi connectivity index (χ0v) is 14.5. The van der Waals surface area contributed by atoms with Crippen molar-refractivity contribution in [3.8, 4) is 0 Å². The molecular weight excluding hydrogens is 352 g/mol. The molecule has 136 valence electrons. The summed E-state index contributed by atoms with van der Waals surface area (Å²) in [6, 6.07) is 5.95. The number of hydrogen-bond donors (Lipinski definition) is 1. The van der Waals surface area contributed by atoms with E-state index >= 15 is 0 Å². The van der Waals surface area contributed by atoms with E-state index in [1.54, 1.807) is 19.1 Å². The number of halogens is 2. The summed E-state index contributed by atoms with van der Waals surface area (Å²) >= 11 is 0. The van der Waals surface area contributed by atoms with E-state index in [9.17, 15) is 22.0 Å². The fourth-order valence-electron chi connectivity index (χ4n) is 2.40. The van der Waals surface area contributed by atoms with Gasteiger partial charge in [0.2, 0.25) is 0 Å². The lowest BCUT2D eigenvalue weighted by Crippen LogP contribution is -2.28. The molecule has 1 aromatic heterocycles. The summed E-state index contributed by atoms with van der Waals surface area (Å²) in [6.45, 7) is -0.899. The Balaban J connectivity index is 2.08. The average molecular weight is 371 g/mol. The molecule has 6 nitrogen and oxygen atoms in total. The number of sulfone groups is 1. The van der Waals surface area contributed by atoms with Gasteiger partial charge in [0.25, 0.3) is 5.91 Å². The quantitative estimate of drug-likeness (QED) is 0.773. The minimum Gasteiger partial charge on any atom is -0.352 e. The Morgan fingerprint density at radius 1 is 1.32 bits per heavy atom. The molecule has 2 rings (SSSR count). The molecule has 1 aromatic carbocycles. The molecule has 0 aliphatic carbocycles. The monoisotopic (exact) mass is 371 g/mol. The fourth-order valence-corrected chi connectivity index (χ4v) is 3.94. The van der Waals surface area contributed by atoms with Crippen molar-refractivity contribution in [3.05, 3.63) is 48.0 Å². The van der Waals surface area contributed by atoms with Gasteiger partial charge in [-0.15, -0.1) is 0 Å². The molecule has 0 atom stereocenters. The second-order valence-electron chi connectivity index (χ2n) is 5.35. The first-order valence-corrected chi connectivity index (χ1v) is 9.42. The van der Waals surface area contributed by atoms with Gasteiger partial charge in [0.15, 0.2) is 9.84 Å². The second-order valence-corrected chi connectivity index (χ2v) is 7.43. The molecule has 1 heterocycles. The highest BCUT2D eigenvalue weighted by Crippen LogP contribution is 2.18. The molecule has 9 heteroatoms. The maximum atomic E-state index is 12.7. The number of carbonyl (C=O) groups excluding carboxylic acids is 1. The first kappa shape index (κ1) is 19.0. The molecule has 1 amide bonds. The minimum absolute atomic E-state index is 0.0246. The Morgan fingerprint density at radius 3 is 2.72 bits per heavy atom. The number of rotatable bonds is 8. The van der Waals surface area contributed by atoms with E-state index in [0.717, 1.165) is 6.20 Å². The Hall–Kier alpha value is -2.29. The Bertz CT molecular complexity index is 835. The number of carbonyl (C=O) groups is 1. The first-order valence-electron chi connectivity index (χ1n) is 7.76. The van der Waals surface area contributed by atoms with Crippen LogP contribution in [-0.2, 0) is 16.3 Å². The van der Waals surface area contributed by atoms with Crippen molar-refractivity contribution in [1.29, 1.82) is 0 Å². The third-order valence-electron chi connectivity index (χ3n) is 3.53. The number of imidazole rings is 1. The van der Waals surface area contributed by atoms with Crippen LogP contribution in [0.15, 0.2) is 41.6 Å². The van der Waals surface area contributed by atoms with E-state index < -0.39 is 22.3 Å². The third kappa shape index (κ3) is 4.62. The first-order chi connectivity index (χ1) is 11.9. The topological polar surface area (TPSA) is 81.1 Å². The van der Waals surface area contributed by atoms with Gasteiger partial charge in [0.05, 0.1) is 16.2 Å². The van der Waals surface area contributed by atoms with Crippen LogP contribution in [0.5, 0.6) is 0 Å². The number of alkyl halides is 2. The van der Waals surface area contributed by atoms with E-state index in [1.807, 2.05) is 0 Å². The van der Waals surface area contributed by atoms with Crippen LogP contribution >= 0.6 is 0 Å². The molecule has 0 saturated carbocycles. The predicted molar refractivity (Wildman–Crippen MR) is 88.3 cm³/mol. The van der Waals surface area contributed by atoms with Crippen molar-refractivity contribution >= 4 is 15.7 Å². The minimum atomic E-state index is -3.55. The highest BCUT2D eigenvalue weighted by molar-refractivity contribution is 7.91. The van der Waals surface area contributed by atoms with Gasteiger partial charge in [-0.3, -0.25) is 9.36 Å². The van der Waals surface area contributed by atoms with Gasteiger partial charge in [-0.05, 0) is 18.6 Å². The summed E-state index contributed by atoms with van der Waals surface area (Å²) in [4.78, 5) is 16.1. The zero-order chi connectivity index (χ0) is 18.4. The molecule has 0 radical (unpaired) electrons. The second kappa shape index (κ2) is 8.19. The maximum absolute atomic E-state index is 12.7. The standard InChI is InChI=1S/C16H19F2N3O3S/c1-2-11-25(23,24)13-6-4-3-5-12(13)15(22)20-8-7-14-19-9-10-21(14)16(17)18/h3-6,9-10,16H,2,7-8,11H2,1H3,(H,20,22). The van der Waals surface area contributed by atoms with E-state index in [2.05, 4.69) is 10.3 Å². The van der Waals surface area contributed by atoms with Crippen molar-refractivity contribution in [1.82, 2.24) is 14.9 Å². The summed E-state index contributed by atoms with van der Waals surface area (Å²) in [5.74, 6) is -0.476. The molecule has 0 aliphatic heterocycles. The van der Waals surface area contributed by atoms with E-state index in [4.69, 9.17) is 0 Å². The number of aromatic nitrogens is 2. The summed E-state index contributed by atoms with van der Waals surface area (Å²) in [5, 5.41) is 2.56. The molecule has 0 unspecified atom stereocenters. The largest absolute Gasteiger partial charge is 0.352 e. The van der Waals surface area contributed by atoms with Gasteiger partial charge in [0.1, 0.15) is 5.82 Å². The van der Waals surface area contributed by atoms with Gasteiger partial charge in [0, 0.05) is 25.4 Å². The Kier molecular flexibility index (Phi) is 6.24. The number of amides is 1. The molecule has 0 spiro atoms. The molecule has 0 bridgehead atoms. The van der Waals surface area contributed by atoms with E-state index in [1.165, 1.54) is 18.3 Å². The van der Waals surface area contributed by atoms with Gasteiger partial charge in [-0.1, -0.05) is 19.1 Å². The SMILES string of the molecule is CCCS(=O)(=O)c1ccccc1C(=O)NCCc1nccn1C(F)F. The van der Waals surface area contributed by atoms with E-state index in [-0.39, 0.29) is 35.0 Å². The normalized spacial score (nSPS) is 11.7. The van der Waals surface area contributed by atoms with Crippen LogP contribution in [0.1, 0.15) is 36.1 Å². The van der Waals surface area contributed by atoms with Crippen LogP contribution in [0.3, 0.4) is 0 Å². The van der Waals surface area contributed by atoms with Crippen LogP contribution in [0.2, 0.25) is 0 Å². The third-order valence-corrected chi connectivity index (χ3v) is 5.50. The van der Waals surface area contributed by atoms with Gasteiger partial charge >= 0.3 is 6.55 Å². The van der Waals surface area contributed by atoms with Crippen molar-refractivity contribution in [2.24, 2.45) is 0 Å². The number of benzene rings is 1. The molecule has 0 fully saturated rings. The van der Waals surface area contributed by atoms with Crippen LogP contribution in [0.25, 0.3) is 0 Å². The number of nitrogens with one attached hydrogen (secondary N) is 1. The molecule has 2 aromatic rings. The van der Waals surface area contributed by atoms with Crippen LogP contribution in [-0.4, -0.2) is 36.2 Å². The molecule has 0 saturated heterocycles. The smallest absolute Gasteiger partial charge is 0.319 e. The Labute approximate surface area is 144 Å².